The van der Waals surface area contributed by atoms with E-state index in [-0.39, 0.29) is 12.5 Å². The minimum Gasteiger partial charge on any atom is -0.368 e. The number of carbonyl (C=O) groups is 1. The Morgan fingerprint density at radius 3 is 2.12 bits per heavy atom. The number of primary amides is 1. The van der Waals surface area contributed by atoms with E-state index in [1.54, 1.807) is 0 Å². The molecular weight excluding hydrogens is 326 g/mol. The minimum absolute atomic E-state index is 0.117. The van der Waals surface area contributed by atoms with Crippen molar-refractivity contribution in [2.75, 3.05) is 0 Å². The van der Waals surface area contributed by atoms with Crippen molar-refractivity contribution in [1.82, 2.24) is 19.1 Å². The molecule has 4 rings (SSSR count). The van der Waals surface area contributed by atoms with Crippen LogP contribution < -0.4 is 5.73 Å². The number of benzene rings is 2. The first-order chi connectivity index (χ1) is 12.7. The Morgan fingerprint density at radius 1 is 0.923 bits per heavy atom. The molecule has 1 amide bonds. The van der Waals surface area contributed by atoms with Gasteiger partial charge in [-0.25, -0.2) is 9.97 Å². The maximum absolute atomic E-state index is 11.6. The summed E-state index contributed by atoms with van der Waals surface area (Å²) >= 11 is 0. The quantitative estimate of drug-likeness (QED) is 0.582. The molecule has 4 aromatic rings. The summed E-state index contributed by atoms with van der Waals surface area (Å²) in [6, 6.07) is 15.9. The lowest BCUT2D eigenvalue weighted by atomic mass is 10.3. The van der Waals surface area contributed by atoms with Crippen molar-refractivity contribution < 1.29 is 4.79 Å². The third kappa shape index (κ3) is 2.83. The van der Waals surface area contributed by atoms with Crippen molar-refractivity contribution >= 4 is 28.0 Å². The van der Waals surface area contributed by atoms with E-state index in [0.717, 1.165) is 46.6 Å². The van der Waals surface area contributed by atoms with Crippen LogP contribution in [0.25, 0.3) is 22.1 Å². The molecule has 0 saturated heterocycles. The lowest BCUT2D eigenvalue weighted by molar-refractivity contribution is -0.118. The average molecular weight is 347 g/mol. The van der Waals surface area contributed by atoms with Gasteiger partial charge in [-0.2, -0.15) is 0 Å². The van der Waals surface area contributed by atoms with Crippen LogP contribution in [0.4, 0.5) is 0 Å². The normalized spacial score (nSPS) is 11.4. The number of nitrogens with two attached hydrogens (primary N) is 1. The van der Waals surface area contributed by atoms with E-state index in [2.05, 4.69) is 17.6 Å². The molecule has 6 heteroatoms. The van der Waals surface area contributed by atoms with E-state index in [4.69, 9.17) is 15.7 Å². The van der Waals surface area contributed by atoms with Gasteiger partial charge in [-0.3, -0.25) is 4.79 Å². The molecule has 132 valence electrons. The summed E-state index contributed by atoms with van der Waals surface area (Å²) in [4.78, 5) is 21.1. The highest BCUT2D eigenvalue weighted by atomic mass is 16.1. The van der Waals surface area contributed by atoms with Crippen LogP contribution in [-0.2, 0) is 24.3 Å². The van der Waals surface area contributed by atoms with Gasteiger partial charge in [-0.15, -0.1) is 0 Å². The maximum atomic E-state index is 11.6. The van der Waals surface area contributed by atoms with Gasteiger partial charge in [0.25, 0.3) is 0 Å². The first kappa shape index (κ1) is 16.3. The number of nitrogens with zero attached hydrogens (tertiary/aromatic N) is 4. The summed E-state index contributed by atoms with van der Waals surface area (Å²) in [5.41, 5.74) is 9.32. The first-order valence-corrected chi connectivity index (χ1v) is 8.84. The number of hydrogen-bond acceptors (Lipinski definition) is 3. The number of para-hydroxylation sites is 4. The van der Waals surface area contributed by atoms with Crippen LogP contribution >= 0.6 is 0 Å². The van der Waals surface area contributed by atoms with Gasteiger partial charge in [0, 0.05) is 6.42 Å². The summed E-state index contributed by atoms with van der Waals surface area (Å²) in [6.45, 7) is 2.81. The zero-order valence-electron chi connectivity index (χ0n) is 14.7. The van der Waals surface area contributed by atoms with Crippen molar-refractivity contribution in [2.45, 2.75) is 32.9 Å². The molecule has 6 nitrogen and oxygen atoms in total. The SMILES string of the molecule is CCCc1nc2ccccc2n1Cc1nc2ccccc2n1CC(N)=O. The standard InChI is InChI=1S/C20H21N5O/c1-2-7-19-22-14-8-3-6-11-17(14)25(19)13-20-23-15-9-4-5-10-16(15)24(20)12-18(21)26/h3-6,8-11H,2,7,12-13H2,1H3,(H2,21,26). The molecule has 0 aliphatic carbocycles. The number of carbonyl (C=O) groups excluding carboxylic acids is 1. The zero-order chi connectivity index (χ0) is 18.1. The van der Waals surface area contributed by atoms with Crippen LogP contribution in [0.5, 0.6) is 0 Å². The van der Waals surface area contributed by atoms with Gasteiger partial charge in [0.1, 0.15) is 18.2 Å². The Kier molecular flexibility index (Phi) is 4.16. The maximum Gasteiger partial charge on any atom is 0.237 e. The van der Waals surface area contributed by atoms with Gasteiger partial charge in [0.05, 0.1) is 28.6 Å². The van der Waals surface area contributed by atoms with E-state index in [0.29, 0.717) is 6.54 Å². The smallest absolute Gasteiger partial charge is 0.237 e. The Hall–Kier alpha value is -3.15. The number of rotatable bonds is 6. The van der Waals surface area contributed by atoms with Gasteiger partial charge in [0.2, 0.25) is 5.91 Å². The number of aryl methyl sites for hydroxylation is 1. The third-order valence-electron chi connectivity index (χ3n) is 4.55. The highest BCUT2D eigenvalue weighted by Crippen LogP contribution is 2.21. The lowest BCUT2D eigenvalue weighted by Crippen LogP contribution is -2.21. The fourth-order valence-electron chi connectivity index (χ4n) is 3.44. The molecule has 0 aliphatic rings. The Balaban J connectivity index is 1.86. The van der Waals surface area contributed by atoms with E-state index in [1.165, 1.54) is 0 Å². The Labute approximate surface area is 151 Å². The van der Waals surface area contributed by atoms with Crippen LogP contribution in [0.3, 0.4) is 0 Å². The Morgan fingerprint density at radius 2 is 1.50 bits per heavy atom. The van der Waals surface area contributed by atoms with Crippen LogP contribution in [-0.4, -0.2) is 25.0 Å². The zero-order valence-corrected chi connectivity index (χ0v) is 14.7. The minimum atomic E-state index is -0.376. The van der Waals surface area contributed by atoms with Crippen molar-refractivity contribution in [1.29, 1.82) is 0 Å². The molecule has 0 radical (unpaired) electrons. The van der Waals surface area contributed by atoms with Crippen molar-refractivity contribution in [2.24, 2.45) is 5.73 Å². The molecule has 2 heterocycles. The molecule has 0 unspecified atom stereocenters. The Bertz CT molecular complexity index is 1090. The second kappa shape index (κ2) is 6.63. The van der Waals surface area contributed by atoms with Gasteiger partial charge in [0.15, 0.2) is 0 Å². The highest BCUT2D eigenvalue weighted by molar-refractivity contribution is 5.80. The summed E-state index contributed by atoms with van der Waals surface area (Å²) in [7, 11) is 0. The van der Waals surface area contributed by atoms with Crippen molar-refractivity contribution in [3.05, 3.63) is 60.2 Å². The summed E-state index contributed by atoms with van der Waals surface area (Å²) < 4.78 is 4.10. The molecule has 2 N–H and O–H groups in total. The average Bonchev–Trinajstić information content (AvgIpc) is 3.14. The van der Waals surface area contributed by atoms with Gasteiger partial charge < -0.3 is 14.9 Å². The number of fused-ring (bicyclic) bond motifs is 2. The molecule has 0 fully saturated rings. The summed E-state index contributed by atoms with van der Waals surface area (Å²) in [6.07, 6.45) is 1.91. The van der Waals surface area contributed by atoms with Gasteiger partial charge in [-0.05, 0) is 30.7 Å². The van der Waals surface area contributed by atoms with Crippen molar-refractivity contribution in [3.63, 3.8) is 0 Å². The number of imidazole rings is 2. The summed E-state index contributed by atoms with van der Waals surface area (Å²) in [5, 5.41) is 0. The van der Waals surface area contributed by atoms with E-state index in [1.807, 2.05) is 47.0 Å². The van der Waals surface area contributed by atoms with E-state index in [9.17, 15) is 4.79 Å². The predicted molar refractivity (Wildman–Crippen MR) is 102 cm³/mol. The molecule has 0 bridgehead atoms. The van der Waals surface area contributed by atoms with E-state index >= 15 is 0 Å². The topological polar surface area (TPSA) is 78.7 Å². The largest absolute Gasteiger partial charge is 0.368 e. The molecule has 2 aromatic heterocycles. The monoisotopic (exact) mass is 347 g/mol. The first-order valence-electron chi connectivity index (χ1n) is 8.84. The van der Waals surface area contributed by atoms with Crippen LogP contribution in [0.15, 0.2) is 48.5 Å². The molecule has 0 atom stereocenters. The van der Waals surface area contributed by atoms with Crippen LogP contribution in [0.2, 0.25) is 0 Å². The highest BCUT2D eigenvalue weighted by Gasteiger charge is 2.16. The van der Waals surface area contributed by atoms with Gasteiger partial charge >= 0.3 is 0 Å². The fraction of sp³-hybridized carbons (Fsp3) is 0.250. The summed E-state index contributed by atoms with van der Waals surface area (Å²) in [5.74, 6) is 1.47. The molecule has 0 aliphatic heterocycles. The molecule has 2 aromatic carbocycles. The fourth-order valence-corrected chi connectivity index (χ4v) is 3.44. The lowest BCUT2D eigenvalue weighted by Gasteiger charge is -2.11. The molecule has 26 heavy (non-hydrogen) atoms. The molecule has 0 saturated carbocycles. The molecular formula is C20H21N5O. The predicted octanol–water partition coefficient (Wildman–Crippen LogP) is 2.87. The van der Waals surface area contributed by atoms with Crippen LogP contribution in [0.1, 0.15) is 25.0 Å². The third-order valence-corrected chi connectivity index (χ3v) is 4.55. The number of aromatic nitrogens is 4. The van der Waals surface area contributed by atoms with Crippen LogP contribution in [0, 0.1) is 0 Å². The number of amides is 1. The van der Waals surface area contributed by atoms with Gasteiger partial charge in [-0.1, -0.05) is 31.2 Å². The number of hydrogen-bond donors (Lipinski definition) is 1. The van der Waals surface area contributed by atoms with Crippen molar-refractivity contribution in [3.8, 4) is 0 Å². The molecule has 0 spiro atoms. The second-order valence-electron chi connectivity index (χ2n) is 6.42. The van der Waals surface area contributed by atoms with E-state index < -0.39 is 0 Å². The second-order valence-corrected chi connectivity index (χ2v) is 6.42.